The van der Waals surface area contributed by atoms with Crippen LogP contribution in [0.3, 0.4) is 0 Å². The standard InChI is InChI=1S/C22H33NO3/c24-21-19-17-14-15-18(26-17)20(19)22(25)23(21)16-12-10-8-6-4-2-1-3-5-7-9-11-13-16/h14-20H,1-13H2. The van der Waals surface area contributed by atoms with Crippen LogP contribution >= 0.6 is 0 Å². The molecule has 4 atom stereocenters. The Labute approximate surface area is 157 Å². The Morgan fingerprint density at radius 3 is 1.46 bits per heavy atom. The summed E-state index contributed by atoms with van der Waals surface area (Å²) in [5.41, 5.74) is 0. The molecule has 0 aromatic rings. The molecule has 0 aromatic carbocycles. The van der Waals surface area contributed by atoms with Gasteiger partial charge >= 0.3 is 0 Å². The van der Waals surface area contributed by atoms with Crippen LogP contribution in [0, 0.1) is 11.8 Å². The Morgan fingerprint density at radius 2 is 1.04 bits per heavy atom. The lowest BCUT2D eigenvalue weighted by atomic mass is 9.85. The molecule has 2 bridgehead atoms. The lowest BCUT2D eigenvalue weighted by molar-refractivity contribution is -0.145. The first-order valence-electron chi connectivity index (χ1n) is 11.0. The van der Waals surface area contributed by atoms with E-state index in [1.807, 2.05) is 12.2 Å². The average molecular weight is 360 g/mol. The monoisotopic (exact) mass is 359 g/mol. The number of likely N-dealkylation sites (tertiary alicyclic amines) is 1. The normalized spacial score (nSPS) is 37.2. The molecule has 4 heteroatoms. The van der Waals surface area contributed by atoms with Crippen molar-refractivity contribution in [2.45, 2.75) is 102 Å². The molecule has 0 N–H and O–H groups in total. The van der Waals surface area contributed by atoms with Gasteiger partial charge in [-0.1, -0.05) is 82.8 Å². The molecular weight excluding hydrogens is 326 g/mol. The number of ether oxygens (including phenoxy) is 1. The van der Waals surface area contributed by atoms with E-state index >= 15 is 0 Å². The van der Waals surface area contributed by atoms with E-state index in [0.29, 0.717) is 0 Å². The highest BCUT2D eigenvalue weighted by atomic mass is 16.5. The van der Waals surface area contributed by atoms with Gasteiger partial charge in [0.05, 0.1) is 24.0 Å². The smallest absolute Gasteiger partial charge is 0.236 e. The van der Waals surface area contributed by atoms with Crippen molar-refractivity contribution in [1.82, 2.24) is 4.90 Å². The molecule has 0 radical (unpaired) electrons. The molecule has 3 aliphatic heterocycles. The fourth-order valence-electron chi connectivity index (χ4n) is 5.44. The van der Waals surface area contributed by atoms with Gasteiger partial charge in [-0.3, -0.25) is 14.5 Å². The minimum Gasteiger partial charge on any atom is -0.365 e. The van der Waals surface area contributed by atoms with Gasteiger partial charge in [0, 0.05) is 6.04 Å². The van der Waals surface area contributed by atoms with Crippen LogP contribution < -0.4 is 0 Å². The largest absolute Gasteiger partial charge is 0.365 e. The van der Waals surface area contributed by atoms with Crippen molar-refractivity contribution in [2.75, 3.05) is 0 Å². The number of nitrogens with zero attached hydrogens (tertiary/aromatic N) is 1. The second-order valence-electron chi connectivity index (χ2n) is 8.67. The molecule has 4 nitrogen and oxygen atoms in total. The van der Waals surface area contributed by atoms with E-state index in [2.05, 4.69) is 0 Å². The third-order valence-electron chi connectivity index (χ3n) is 6.88. The number of fused-ring (bicyclic) bond motifs is 5. The lowest BCUT2D eigenvalue weighted by Gasteiger charge is -2.28. The maximum absolute atomic E-state index is 13.1. The van der Waals surface area contributed by atoms with Crippen LogP contribution in [0.1, 0.15) is 83.5 Å². The maximum atomic E-state index is 13.1. The van der Waals surface area contributed by atoms with Crippen molar-refractivity contribution >= 4 is 11.8 Å². The molecule has 2 amide bonds. The SMILES string of the molecule is O=C1C2C3C=CC(O3)C2C(=O)N1C1CCCCCCCCCCCCC1. The summed E-state index contributed by atoms with van der Waals surface area (Å²) in [5, 5.41) is 0. The van der Waals surface area contributed by atoms with Gasteiger partial charge in [-0.25, -0.2) is 0 Å². The number of rotatable bonds is 1. The predicted molar refractivity (Wildman–Crippen MR) is 100 cm³/mol. The van der Waals surface area contributed by atoms with E-state index in [4.69, 9.17) is 4.74 Å². The van der Waals surface area contributed by atoms with E-state index in [1.165, 1.54) is 57.8 Å². The van der Waals surface area contributed by atoms with E-state index in [-0.39, 0.29) is 41.9 Å². The molecule has 2 saturated heterocycles. The summed E-state index contributed by atoms with van der Waals surface area (Å²) >= 11 is 0. The highest BCUT2D eigenvalue weighted by Crippen LogP contribution is 2.46. The van der Waals surface area contributed by atoms with E-state index in [0.717, 1.165) is 25.7 Å². The predicted octanol–water partition coefficient (Wildman–Crippen LogP) is 4.38. The second kappa shape index (κ2) is 8.24. The van der Waals surface area contributed by atoms with E-state index < -0.39 is 0 Å². The fraction of sp³-hybridized carbons (Fsp3) is 0.818. The third-order valence-corrected chi connectivity index (χ3v) is 6.88. The summed E-state index contributed by atoms with van der Waals surface area (Å²) in [7, 11) is 0. The topological polar surface area (TPSA) is 46.6 Å². The lowest BCUT2D eigenvalue weighted by Crippen LogP contribution is -2.42. The minimum absolute atomic E-state index is 0.0444. The van der Waals surface area contributed by atoms with Gasteiger partial charge in [-0.2, -0.15) is 0 Å². The van der Waals surface area contributed by atoms with Crippen LogP contribution in [0.25, 0.3) is 0 Å². The van der Waals surface area contributed by atoms with Crippen molar-refractivity contribution in [1.29, 1.82) is 0 Å². The number of hydrogen-bond donors (Lipinski definition) is 0. The van der Waals surface area contributed by atoms with Crippen molar-refractivity contribution in [2.24, 2.45) is 11.8 Å². The van der Waals surface area contributed by atoms with Crippen molar-refractivity contribution in [3.8, 4) is 0 Å². The van der Waals surface area contributed by atoms with Crippen molar-refractivity contribution < 1.29 is 14.3 Å². The molecule has 4 rings (SSSR count). The van der Waals surface area contributed by atoms with Crippen LogP contribution in [0.5, 0.6) is 0 Å². The molecule has 4 unspecified atom stereocenters. The Morgan fingerprint density at radius 1 is 0.654 bits per heavy atom. The Hall–Kier alpha value is -1.16. The van der Waals surface area contributed by atoms with Gasteiger partial charge in [-0.15, -0.1) is 0 Å². The Bertz CT molecular complexity index is 514. The molecule has 1 aliphatic carbocycles. The number of carbonyl (C=O) groups excluding carboxylic acids is 2. The van der Waals surface area contributed by atoms with E-state index in [1.54, 1.807) is 4.90 Å². The fourth-order valence-corrected chi connectivity index (χ4v) is 5.44. The molecule has 4 aliphatic rings. The summed E-state index contributed by atoms with van der Waals surface area (Å²) < 4.78 is 5.77. The van der Waals surface area contributed by atoms with E-state index in [9.17, 15) is 9.59 Å². The first kappa shape index (κ1) is 18.2. The van der Waals surface area contributed by atoms with Gasteiger partial charge in [-0.05, 0) is 12.8 Å². The minimum atomic E-state index is -0.245. The Balaban J connectivity index is 1.41. The number of hydrogen-bond acceptors (Lipinski definition) is 3. The van der Waals surface area contributed by atoms with Crippen LogP contribution in [-0.4, -0.2) is 35.0 Å². The highest BCUT2D eigenvalue weighted by molar-refractivity contribution is 6.07. The molecular formula is C22H33NO3. The zero-order valence-corrected chi connectivity index (χ0v) is 15.9. The maximum Gasteiger partial charge on any atom is 0.236 e. The summed E-state index contributed by atoms with van der Waals surface area (Å²) in [6.07, 6.45) is 19.7. The first-order chi connectivity index (χ1) is 12.8. The van der Waals surface area contributed by atoms with Gasteiger partial charge in [0.1, 0.15) is 0 Å². The first-order valence-corrected chi connectivity index (χ1v) is 11.0. The van der Waals surface area contributed by atoms with Gasteiger partial charge in [0.15, 0.2) is 0 Å². The van der Waals surface area contributed by atoms with Crippen LogP contribution in [0.2, 0.25) is 0 Å². The molecule has 26 heavy (non-hydrogen) atoms. The van der Waals surface area contributed by atoms with Crippen LogP contribution in [0.4, 0.5) is 0 Å². The van der Waals surface area contributed by atoms with Crippen molar-refractivity contribution in [3.63, 3.8) is 0 Å². The molecule has 144 valence electrons. The van der Waals surface area contributed by atoms with Gasteiger partial charge < -0.3 is 4.74 Å². The molecule has 0 spiro atoms. The Kier molecular flexibility index (Phi) is 5.78. The molecule has 3 heterocycles. The van der Waals surface area contributed by atoms with Crippen molar-refractivity contribution in [3.05, 3.63) is 12.2 Å². The zero-order chi connectivity index (χ0) is 17.9. The second-order valence-corrected chi connectivity index (χ2v) is 8.67. The highest BCUT2D eigenvalue weighted by Gasteiger charge is 2.61. The number of imide groups is 1. The third kappa shape index (κ3) is 3.49. The number of amides is 2. The summed E-state index contributed by atoms with van der Waals surface area (Å²) in [4.78, 5) is 27.8. The average Bonchev–Trinajstić information content (AvgIpc) is 3.31. The van der Waals surface area contributed by atoms with Crippen LogP contribution in [-0.2, 0) is 14.3 Å². The van der Waals surface area contributed by atoms with Gasteiger partial charge in [0.25, 0.3) is 0 Å². The summed E-state index contributed by atoms with van der Waals surface area (Å²) in [6, 6.07) is 0.114. The molecule has 0 aromatic heterocycles. The van der Waals surface area contributed by atoms with Crippen LogP contribution in [0.15, 0.2) is 12.2 Å². The van der Waals surface area contributed by atoms with Gasteiger partial charge in [0.2, 0.25) is 11.8 Å². The summed E-state index contributed by atoms with van der Waals surface area (Å²) in [5.74, 6) is -0.401. The molecule has 3 fully saturated rings. The molecule has 1 saturated carbocycles. The number of carbonyl (C=O) groups is 2. The summed E-state index contributed by atoms with van der Waals surface area (Å²) in [6.45, 7) is 0. The quantitative estimate of drug-likeness (QED) is 0.516. The zero-order valence-electron chi connectivity index (χ0n) is 15.9.